The summed E-state index contributed by atoms with van der Waals surface area (Å²) in [6, 6.07) is 15.0. The fraction of sp³-hybridized carbons (Fsp3) is 0.158. The van der Waals surface area contributed by atoms with Gasteiger partial charge in [0.25, 0.3) is 0 Å². The molecule has 0 aliphatic rings. The second kappa shape index (κ2) is 9.01. The third-order valence-corrected chi connectivity index (χ3v) is 5.58. The lowest BCUT2D eigenvalue weighted by atomic mass is 10.2. The second-order valence-corrected chi connectivity index (χ2v) is 8.08. The third-order valence-electron chi connectivity index (χ3n) is 3.85. The minimum Gasteiger partial charge on any atom is -0.461 e. The second-order valence-electron chi connectivity index (χ2n) is 5.88. The molecule has 2 aromatic carbocycles. The van der Waals surface area contributed by atoms with Crippen LogP contribution in [0.5, 0.6) is 0 Å². The molecule has 0 atom stereocenters. The molecule has 7 nitrogen and oxygen atoms in total. The quantitative estimate of drug-likeness (QED) is 0.567. The largest absolute Gasteiger partial charge is 0.461 e. The lowest BCUT2D eigenvalue weighted by Gasteiger charge is -2.08. The number of carbonyl (C=O) groups excluding carboxylic acids is 1. The first kappa shape index (κ1) is 20.1. The standard InChI is InChI=1S/C19H18ClN3O4S/c20-16-4-8-18(9-5-16)28(25,26)22-12-10-19(24)27-14-15-2-6-17(7-3-15)23-13-1-11-21-23/h1-9,11,13,22H,10,12,14H2. The maximum absolute atomic E-state index is 12.1. The summed E-state index contributed by atoms with van der Waals surface area (Å²) in [5, 5.41) is 4.58. The average Bonchev–Trinajstić information content (AvgIpc) is 3.22. The Morgan fingerprint density at radius 1 is 1.11 bits per heavy atom. The molecule has 3 rings (SSSR count). The Kier molecular flexibility index (Phi) is 6.45. The fourth-order valence-corrected chi connectivity index (χ4v) is 3.54. The van der Waals surface area contributed by atoms with Gasteiger partial charge >= 0.3 is 5.97 Å². The van der Waals surface area contributed by atoms with Crippen LogP contribution in [0.1, 0.15) is 12.0 Å². The van der Waals surface area contributed by atoms with Gasteiger partial charge in [-0.2, -0.15) is 5.10 Å². The molecule has 0 spiro atoms. The summed E-state index contributed by atoms with van der Waals surface area (Å²) < 4.78 is 33.5. The Morgan fingerprint density at radius 3 is 2.46 bits per heavy atom. The number of ether oxygens (including phenoxy) is 1. The predicted molar refractivity (Wildman–Crippen MR) is 105 cm³/mol. The van der Waals surface area contributed by atoms with Crippen LogP contribution in [0, 0.1) is 0 Å². The Hall–Kier alpha value is -2.68. The number of esters is 1. The van der Waals surface area contributed by atoms with Gasteiger partial charge in [0.2, 0.25) is 10.0 Å². The number of hydrogen-bond donors (Lipinski definition) is 1. The van der Waals surface area contributed by atoms with E-state index in [-0.39, 0.29) is 24.5 Å². The molecule has 0 aliphatic heterocycles. The number of nitrogens with one attached hydrogen (secondary N) is 1. The zero-order valence-corrected chi connectivity index (χ0v) is 16.4. The van der Waals surface area contributed by atoms with E-state index in [9.17, 15) is 13.2 Å². The Balaban J connectivity index is 1.44. The van der Waals surface area contributed by atoms with Gasteiger partial charge in [0.1, 0.15) is 6.61 Å². The highest BCUT2D eigenvalue weighted by Crippen LogP contribution is 2.14. The Labute approximate surface area is 168 Å². The molecular weight excluding hydrogens is 402 g/mol. The lowest BCUT2D eigenvalue weighted by molar-refractivity contribution is -0.144. The molecule has 3 aromatic rings. The number of nitrogens with zero attached hydrogens (tertiary/aromatic N) is 2. The van der Waals surface area contributed by atoms with Gasteiger partial charge in [-0.3, -0.25) is 4.79 Å². The van der Waals surface area contributed by atoms with E-state index >= 15 is 0 Å². The Morgan fingerprint density at radius 2 is 1.82 bits per heavy atom. The number of rotatable bonds is 8. The third kappa shape index (κ3) is 5.41. The summed E-state index contributed by atoms with van der Waals surface area (Å²) in [7, 11) is -3.69. The van der Waals surface area contributed by atoms with Crippen LogP contribution in [-0.4, -0.2) is 30.7 Å². The highest BCUT2D eigenvalue weighted by atomic mass is 35.5. The molecule has 0 aliphatic carbocycles. The first-order valence-corrected chi connectivity index (χ1v) is 10.3. The first-order valence-electron chi connectivity index (χ1n) is 8.44. The summed E-state index contributed by atoms with van der Waals surface area (Å²) in [5.74, 6) is -0.491. The van der Waals surface area contributed by atoms with E-state index in [1.807, 2.05) is 36.5 Å². The molecule has 0 radical (unpaired) electrons. The van der Waals surface area contributed by atoms with Gasteiger partial charge < -0.3 is 4.74 Å². The molecular formula is C19H18ClN3O4S. The van der Waals surface area contributed by atoms with Crippen molar-refractivity contribution < 1.29 is 17.9 Å². The van der Waals surface area contributed by atoms with Gasteiger partial charge in [0.05, 0.1) is 17.0 Å². The van der Waals surface area contributed by atoms with Crippen molar-refractivity contribution in [3.63, 3.8) is 0 Å². The maximum atomic E-state index is 12.1. The van der Waals surface area contributed by atoms with E-state index < -0.39 is 16.0 Å². The molecule has 0 unspecified atom stereocenters. The van der Waals surface area contributed by atoms with Crippen molar-refractivity contribution in [2.75, 3.05) is 6.54 Å². The molecule has 9 heteroatoms. The first-order chi connectivity index (χ1) is 13.4. The van der Waals surface area contributed by atoms with E-state index in [0.717, 1.165) is 11.3 Å². The zero-order valence-electron chi connectivity index (χ0n) is 14.8. The Bertz CT molecular complexity index is 1020. The number of carbonyl (C=O) groups is 1. The summed E-state index contributed by atoms with van der Waals surface area (Å²) >= 11 is 5.75. The van der Waals surface area contributed by atoms with Crippen LogP contribution >= 0.6 is 11.6 Å². The van der Waals surface area contributed by atoms with E-state index in [0.29, 0.717) is 5.02 Å². The minimum absolute atomic E-state index is 0.0535. The molecule has 28 heavy (non-hydrogen) atoms. The van der Waals surface area contributed by atoms with Crippen molar-refractivity contribution in [3.8, 4) is 5.69 Å². The van der Waals surface area contributed by atoms with Crippen molar-refractivity contribution >= 4 is 27.6 Å². The molecule has 0 saturated heterocycles. The van der Waals surface area contributed by atoms with Gasteiger partial charge in [0.15, 0.2) is 0 Å². The normalized spacial score (nSPS) is 11.3. The lowest BCUT2D eigenvalue weighted by Crippen LogP contribution is -2.26. The fourth-order valence-electron chi connectivity index (χ4n) is 2.39. The molecule has 0 bridgehead atoms. The van der Waals surface area contributed by atoms with Crippen LogP contribution in [0.15, 0.2) is 71.9 Å². The van der Waals surface area contributed by atoms with Crippen molar-refractivity contribution in [2.24, 2.45) is 0 Å². The van der Waals surface area contributed by atoms with Crippen molar-refractivity contribution in [3.05, 3.63) is 77.6 Å². The molecule has 146 valence electrons. The number of aromatic nitrogens is 2. The van der Waals surface area contributed by atoms with Gasteiger partial charge in [0, 0.05) is 24.0 Å². The van der Waals surface area contributed by atoms with Gasteiger partial charge in [-0.1, -0.05) is 23.7 Å². The molecule has 1 N–H and O–H groups in total. The minimum atomic E-state index is -3.69. The van der Waals surface area contributed by atoms with Crippen molar-refractivity contribution in [1.82, 2.24) is 14.5 Å². The van der Waals surface area contributed by atoms with Crippen LogP contribution in [0.3, 0.4) is 0 Å². The van der Waals surface area contributed by atoms with Crippen LogP contribution in [0.25, 0.3) is 5.69 Å². The smallest absolute Gasteiger partial charge is 0.307 e. The van der Waals surface area contributed by atoms with Gasteiger partial charge in [-0.15, -0.1) is 0 Å². The van der Waals surface area contributed by atoms with E-state index in [4.69, 9.17) is 16.3 Å². The number of benzene rings is 2. The molecule has 1 aromatic heterocycles. The summed E-state index contributed by atoms with van der Waals surface area (Å²) in [6.45, 7) is 0.0597. The number of sulfonamides is 1. The highest BCUT2D eigenvalue weighted by molar-refractivity contribution is 7.89. The highest BCUT2D eigenvalue weighted by Gasteiger charge is 2.14. The summed E-state index contributed by atoms with van der Waals surface area (Å²) in [4.78, 5) is 11.9. The zero-order chi connectivity index (χ0) is 20.0. The molecule has 1 heterocycles. The molecule has 0 amide bonds. The average molecular weight is 420 g/mol. The summed E-state index contributed by atoms with van der Waals surface area (Å²) in [5.41, 5.74) is 1.72. The van der Waals surface area contributed by atoms with Crippen LogP contribution in [0.2, 0.25) is 5.02 Å². The monoisotopic (exact) mass is 419 g/mol. The van der Waals surface area contributed by atoms with Gasteiger partial charge in [-0.25, -0.2) is 17.8 Å². The van der Waals surface area contributed by atoms with Crippen LogP contribution in [0.4, 0.5) is 0 Å². The number of halogens is 1. The maximum Gasteiger partial charge on any atom is 0.307 e. The summed E-state index contributed by atoms with van der Waals surface area (Å²) in [6.07, 6.45) is 3.45. The SMILES string of the molecule is O=C(CCNS(=O)(=O)c1ccc(Cl)cc1)OCc1ccc(-n2cccn2)cc1. The van der Waals surface area contributed by atoms with E-state index in [1.165, 1.54) is 24.3 Å². The van der Waals surface area contributed by atoms with Crippen molar-refractivity contribution in [1.29, 1.82) is 0 Å². The topological polar surface area (TPSA) is 90.3 Å². The van der Waals surface area contributed by atoms with Crippen molar-refractivity contribution in [2.45, 2.75) is 17.9 Å². The molecule has 0 saturated carbocycles. The van der Waals surface area contributed by atoms with E-state index in [1.54, 1.807) is 10.9 Å². The molecule has 0 fully saturated rings. The van der Waals surface area contributed by atoms with Crippen LogP contribution < -0.4 is 4.72 Å². The van der Waals surface area contributed by atoms with Gasteiger partial charge in [-0.05, 0) is 48.0 Å². The number of hydrogen-bond acceptors (Lipinski definition) is 5. The van der Waals surface area contributed by atoms with E-state index in [2.05, 4.69) is 9.82 Å². The van der Waals surface area contributed by atoms with Crippen LogP contribution in [-0.2, 0) is 26.2 Å². The predicted octanol–water partition coefficient (Wildman–Crippen LogP) is 2.94.